The molecule has 1 N–H and O–H groups in total. The van der Waals surface area contributed by atoms with Gasteiger partial charge in [0.15, 0.2) is 0 Å². The molecular formula is C23H19N3O3S. The number of aryl methyl sites for hydroxylation is 1. The average Bonchev–Trinajstić information content (AvgIpc) is 2.75. The average molecular weight is 417 g/mol. The molecule has 0 saturated heterocycles. The summed E-state index contributed by atoms with van der Waals surface area (Å²) in [5.41, 5.74) is 2.32. The number of anilines is 1. The second-order valence-electron chi connectivity index (χ2n) is 6.61. The molecule has 0 fully saturated rings. The van der Waals surface area contributed by atoms with Gasteiger partial charge in [0, 0.05) is 11.6 Å². The maximum absolute atomic E-state index is 12.8. The lowest BCUT2D eigenvalue weighted by molar-refractivity contribution is 0.463. The number of sulfonamides is 1. The van der Waals surface area contributed by atoms with Crippen LogP contribution in [0.5, 0.6) is 11.6 Å². The zero-order valence-electron chi connectivity index (χ0n) is 16.2. The Balaban J connectivity index is 1.72. The van der Waals surface area contributed by atoms with Gasteiger partial charge in [0.05, 0.1) is 10.6 Å². The first kappa shape index (κ1) is 19.6. The second-order valence-corrected chi connectivity index (χ2v) is 8.30. The summed E-state index contributed by atoms with van der Waals surface area (Å²) >= 11 is 0. The molecule has 0 bridgehead atoms. The highest BCUT2D eigenvalue weighted by Crippen LogP contribution is 2.27. The number of para-hydroxylation sites is 1. The lowest BCUT2D eigenvalue weighted by atomic mass is 10.1. The molecule has 4 aromatic rings. The quantitative estimate of drug-likeness (QED) is 0.475. The molecule has 0 saturated carbocycles. The van der Waals surface area contributed by atoms with Crippen molar-refractivity contribution in [1.82, 2.24) is 9.97 Å². The van der Waals surface area contributed by atoms with Gasteiger partial charge in [-0.25, -0.2) is 18.1 Å². The molecule has 4 rings (SSSR count). The first-order valence-corrected chi connectivity index (χ1v) is 10.7. The summed E-state index contributed by atoms with van der Waals surface area (Å²) in [5, 5.41) is 0. The van der Waals surface area contributed by atoms with Gasteiger partial charge in [0.25, 0.3) is 10.0 Å². The largest absolute Gasteiger partial charge is 0.439 e. The van der Waals surface area contributed by atoms with E-state index in [1.54, 1.807) is 42.5 Å². The molecule has 1 aromatic heterocycles. The molecule has 150 valence electrons. The minimum atomic E-state index is -3.85. The number of hydrogen-bond acceptors (Lipinski definition) is 5. The molecule has 30 heavy (non-hydrogen) atoms. The lowest BCUT2D eigenvalue weighted by Gasteiger charge is -2.11. The van der Waals surface area contributed by atoms with Crippen LogP contribution in [0.1, 0.15) is 5.56 Å². The number of ether oxygens (including phenoxy) is 1. The Bertz CT molecular complexity index is 1240. The number of nitrogens with one attached hydrogen (secondary N) is 1. The maximum Gasteiger partial charge on any atom is 0.264 e. The summed E-state index contributed by atoms with van der Waals surface area (Å²) in [6.07, 6.45) is 0. The Morgan fingerprint density at radius 2 is 1.43 bits per heavy atom. The van der Waals surface area contributed by atoms with Crippen LogP contribution in [-0.4, -0.2) is 18.4 Å². The Hall–Kier alpha value is -3.71. The van der Waals surface area contributed by atoms with Crippen LogP contribution in [0.2, 0.25) is 0 Å². The number of nitrogens with zero attached hydrogens (tertiary/aromatic N) is 2. The lowest BCUT2D eigenvalue weighted by Crippen LogP contribution is -2.15. The van der Waals surface area contributed by atoms with Crippen LogP contribution < -0.4 is 9.46 Å². The van der Waals surface area contributed by atoms with E-state index in [1.165, 1.54) is 0 Å². The first-order chi connectivity index (χ1) is 14.5. The molecule has 6 nitrogen and oxygen atoms in total. The van der Waals surface area contributed by atoms with E-state index in [-0.39, 0.29) is 16.7 Å². The monoisotopic (exact) mass is 417 g/mol. The van der Waals surface area contributed by atoms with Gasteiger partial charge in [0.1, 0.15) is 5.75 Å². The summed E-state index contributed by atoms with van der Waals surface area (Å²) in [5.74, 6) is 0.752. The van der Waals surface area contributed by atoms with E-state index >= 15 is 0 Å². The molecule has 7 heteroatoms. The van der Waals surface area contributed by atoms with Crippen LogP contribution in [0.3, 0.4) is 0 Å². The van der Waals surface area contributed by atoms with Gasteiger partial charge in [0.2, 0.25) is 11.8 Å². The Kier molecular flexibility index (Phi) is 5.45. The third kappa shape index (κ3) is 4.64. The van der Waals surface area contributed by atoms with Gasteiger partial charge in [-0.3, -0.25) is 0 Å². The van der Waals surface area contributed by atoms with Gasteiger partial charge < -0.3 is 4.74 Å². The van der Waals surface area contributed by atoms with Gasteiger partial charge in [-0.05, 0) is 31.2 Å². The molecule has 0 aliphatic rings. The molecule has 1 heterocycles. The topological polar surface area (TPSA) is 81.2 Å². The van der Waals surface area contributed by atoms with Gasteiger partial charge in [-0.15, -0.1) is 0 Å². The third-order valence-corrected chi connectivity index (χ3v) is 5.64. The van der Waals surface area contributed by atoms with Crippen molar-refractivity contribution in [2.24, 2.45) is 0 Å². The van der Waals surface area contributed by atoms with Crippen molar-refractivity contribution < 1.29 is 13.2 Å². The van der Waals surface area contributed by atoms with Crippen molar-refractivity contribution in [2.45, 2.75) is 11.8 Å². The number of benzene rings is 3. The van der Waals surface area contributed by atoms with Crippen molar-refractivity contribution in [3.05, 3.63) is 96.6 Å². The molecular weight excluding hydrogens is 398 g/mol. The third-order valence-electron chi connectivity index (χ3n) is 4.29. The summed E-state index contributed by atoms with van der Waals surface area (Å²) in [6.45, 7) is 1.89. The van der Waals surface area contributed by atoms with E-state index < -0.39 is 10.0 Å². The molecule has 0 spiro atoms. The van der Waals surface area contributed by atoms with Gasteiger partial charge in [-0.2, -0.15) is 4.98 Å². The van der Waals surface area contributed by atoms with Crippen molar-refractivity contribution in [3.8, 4) is 22.9 Å². The van der Waals surface area contributed by atoms with E-state index in [2.05, 4.69) is 14.7 Å². The number of aromatic nitrogens is 2. The van der Waals surface area contributed by atoms with E-state index in [9.17, 15) is 8.42 Å². The van der Waals surface area contributed by atoms with Gasteiger partial charge >= 0.3 is 0 Å². The summed E-state index contributed by atoms with van der Waals surface area (Å²) in [4.78, 5) is 8.78. The van der Waals surface area contributed by atoms with E-state index in [0.717, 1.165) is 11.1 Å². The Morgan fingerprint density at radius 3 is 2.10 bits per heavy atom. The fourth-order valence-electron chi connectivity index (χ4n) is 2.79. The molecule has 0 aliphatic heterocycles. The van der Waals surface area contributed by atoms with Crippen molar-refractivity contribution in [3.63, 3.8) is 0 Å². The van der Waals surface area contributed by atoms with Crippen molar-refractivity contribution >= 4 is 16.0 Å². The summed E-state index contributed by atoms with van der Waals surface area (Å²) < 4.78 is 33.9. The van der Waals surface area contributed by atoms with E-state index in [1.807, 2.05) is 55.5 Å². The number of rotatable bonds is 6. The fourth-order valence-corrected chi connectivity index (χ4v) is 3.73. The smallest absolute Gasteiger partial charge is 0.264 e. The molecule has 0 unspecified atom stereocenters. The summed E-state index contributed by atoms with van der Waals surface area (Å²) in [6, 6.07) is 26.8. The van der Waals surface area contributed by atoms with E-state index in [0.29, 0.717) is 11.4 Å². The van der Waals surface area contributed by atoms with Crippen LogP contribution >= 0.6 is 0 Å². The molecule has 0 amide bonds. The number of hydrogen-bond donors (Lipinski definition) is 1. The van der Waals surface area contributed by atoms with Gasteiger partial charge in [-0.1, -0.05) is 66.2 Å². The Labute approximate surface area is 175 Å². The zero-order valence-corrected chi connectivity index (χ0v) is 17.0. The maximum atomic E-state index is 12.8. The highest BCUT2D eigenvalue weighted by molar-refractivity contribution is 7.92. The molecule has 0 radical (unpaired) electrons. The second kappa shape index (κ2) is 8.34. The minimum Gasteiger partial charge on any atom is -0.439 e. The SMILES string of the molecule is Cc1ccc(S(=O)(=O)Nc2nc(Oc3ccccc3)cc(-c3ccccc3)n2)cc1. The van der Waals surface area contributed by atoms with Crippen LogP contribution in [0.25, 0.3) is 11.3 Å². The van der Waals surface area contributed by atoms with Crippen LogP contribution in [-0.2, 0) is 10.0 Å². The van der Waals surface area contributed by atoms with Crippen molar-refractivity contribution in [2.75, 3.05) is 4.72 Å². The molecule has 0 aliphatic carbocycles. The summed E-state index contributed by atoms with van der Waals surface area (Å²) in [7, 11) is -3.85. The van der Waals surface area contributed by atoms with Crippen LogP contribution in [0.4, 0.5) is 5.95 Å². The van der Waals surface area contributed by atoms with Crippen LogP contribution in [0, 0.1) is 6.92 Å². The molecule has 0 atom stereocenters. The fraction of sp³-hybridized carbons (Fsp3) is 0.0435. The zero-order chi connectivity index (χ0) is 21.0. The predicted molar refractivity (Wildman–Crippen MR) is 116 cm³/mol. The normalized spacial score (nSPS) is 11.1. The highest BCUT2D eigenvalue weighted by Gasteiger charge is 2.17. The minimum absolute atomic E-state index is 0.0668. The van der Waals surface area contributed by atoms with E-state index in [4.69, 9.17) is 4.74 Å². The highest BCUT2D eigenvalue weighted by atomic mass is 32.2. The predicted octanol–water partition coefficient (Wildman–Crippen LogP) is 5.05. The first-order valence-electron chi connectivity index (χ1n) is 9.26. The van der Waals surface area contributed by atoms with Crippen LogP contribution in [0.15, 0.2) is 95.9 Å². The van der Waals surface area contributed by atoms with Crippen molar-refractivity contribution in [1.29, 1.82) is 0 Å². The Morgan fingerprint density at radius 1 is 0.800 bits per heavy atom. The molecule has 3 aromatic carbocycles. The standard InChI is InChI=1S/C23H19N3O3S/c1-17-12-14-20(15-13-17)30(27,28)26-23-24-21(18-8-4-2-5-9-18)16-22(25-23)29-19-10-6-3-7-11-19/h2-16H,1H3,(H,24,25,26).